The van der Waals surface area contributed by atoms with Gasteiger partial charge in [-0.05, 0) is 31.1 Å². The van der Waals surface area contributed by atoms with Gasteiger partial charge in [0, 0.05) is 25.6 Å². The van der Waals surface area contributed by atoms with Gasteiger partial charge in [0.2, 0.25) is 5.91 Å². The molecule has 110 valence electrons. The molecule has 1 aliphatic rings. The first-order valence-electron chi connectivity index (χ1n) is 6.98. The summed E-state index contributed by atoms with van der Waals surface area (Å²) in [6.45, 7) is 4.27. The molecule has 1 saturated carbocycles. The Kier molecular flexibility index (Phi) is 5.79. The van der Waals surface area contributed by atoms with Gasteiger partial charge in [0.25, 0.3) is 0 Å². The molecule has 0 bridgehead atoms. The maximum atomic E-state index is 12.3. The minimum absolute atomic E-state index is 0.00273. The van der Waals surface area contributed by atoms with Crippen molar-refractivity contribution < 1.29 is 19.8 Å². The van der Waals surface area contributed by atoms with Crippen molar-refractivity contribution in [2.45, 2.75) is 58.4 Å². The van der Waals surface area contributed by atoms with Gasteiger partial charge in [-0.3, -0.25) is 9.59 Å². The van der Waals surface area contributed by atoms with Gasteiger partial charge >= 0.3 is 5.97 Å². The van der Waals surface area contributed by atoms with Crippen LogP contribution in [-0.2, 0) is 9.59 Å². The smallest absolute Gasteiger partial charge is 0.303 e. The second-order valence-electron chi connectivity index (χ2n) is 6.16. The van der Waals surface area contributed by atoms with E-state index in [0.717, 1.165) is 19.3 Å². The van der Waals surface area contributed by atoms with E-state index in [0.29, 0.717) is 19.0 Å². The number of carbonyl (C=O) groups is 2. The Morgan fingerprint density at radius 1 is 1.26 bits per heavy atom. The lowest BCUT2D eigenvalue weighted by Gasteiger charge is -2.39. The van der Waals surface area contributed by atoms with Crippen LogP contribution in [0.3, 0.4) is 0 Å². The zero-order chi connectivity index (χ0) is 14.5. The van der Waals surface area contributed by atoms with Crippen molar-refractivity contribution in [1.29, 1.82) is 0 Å². The van der Waals surface area contributed by atoms with Crippen molar-refractivity contribution in [2.24, 2.45) is 5.41 Å². The first-order chi connectivity index (χ1) is 8.85. The topological polar surface area (TPSA) is 77.8 Å². The SMILES string of the molecule is CC(C)(CC(=O)O)CC(=O)N(CCCO)C1CCC1. The summed E-state index contributed by atoms with van der Waals surface area (Å²) in [5, 5.41) is 17.8. The molecule has 1 aliphatic carbocycles. The molecule has 5 nitrogen and oxygen atoms in total. The average molecular weight is 271 g/mol. The summed E-state index contributed by atoms with van der Waals surface area (Å²) in [6.07, 6.45) is 4.03. The Balaban J connectivity index is 2.57. The fraction of sp³-hybridized carbons (Fsp3) is 0.857. The summed E-state index contributed by atoms with van der Waals surface area (Å²) in [5.74, 6) is -0.854. The lowest BCUT2D eigenvalue weighted by atomic mass is 9.84. The Hall–Kier alpha value is -1.10. The highest BCUT2D eigenvalue weighted by Crippen LogP contribution is 2.30. The predicted molar refractivity (Wildman–Crippen MR) is 71.7 cm³/mol. The predicted octanol–water partition coefficient (Wildman–Crippen LogP) is 1.64. The van der Waals surface area contributed by atoms with E-state index in [-0.39, 0.29) is 25.4 Å². The number of carboxylic acids is 1. The summed E-state index contributed by atoms with van der Waals surface area (Å²) < 4.78 is 0. The van der Waals surface area contributed by atoms with Crippen LogP contribution in [0, 0.1) is 5.41 Å². The maximum Gasteiger partial charge on any atom is 0.303 e. The summed E-state index contributed by atoms with van der Waals surface area (Å²) in [4.78, 5) is 25.0. The van der Waals surface area contributed by atoms with E-state index in [1.807, 2.05) is 18.7 Å². The summed E-state index contributed by atoms with van der Waals surface area (Å²) in [7, 11) is 0. The third-order valence-corrected chi connectivity index (χ3v) is 3.65. The summed E-state index contributed by atoms with van der Waals surface area (Å²) in [5.41, 5.74) is -0.524. The molecule has 19 heavy (non-hydrogen) atoms. The molecule has 1 amide bonds. The summed E-state index contributed by atoms with van der Waals surface area (Å²) >= 11 is 0. The van der Waals surface area contributed by atoms with Crippen LogP contribution in [-0.4, -0.2) is 46.2 Å². The Labute approximate surface area is 114 Å². The normalized spacial score (nSPS) is 15.9. The molecule has 0 aliphatic heterocycles. The Morgan fingerprint density at radius 3 is 2.32 bits per heavy atom. The van der Waals surface area contributed by atoms with E-state index in [1.54, 1.807) is 0 Å². The number of hydrogen-bond acceptors (Lipinski definition) is 3. The molecule has 0 aromatic heterocycles. The van der Waals surface area contributed by atoms with Crippen LogP contribution in [0.5, 0.6) is 0 Å². The van der Waals surface area contributed by atoms with Crippen LogP contribution in [0.1, 0.15) is 52.4 Å². The van der Waals surface area contributed by atoms with Crippen LogP contribution in [0.15, 0.2) is 0 Å². The van der Waals surface area contributed by atoms with Crippen LogP contribution >= 0.6 is 0 Å². The van der Waals surface area contributed by atoms with Crippen molar-refractivity contribution in [3.63, 3.8) is 0 Å². The molecular formula is C14H25NO4. The molecule has 1 rings (SSSR count). The maximum absolute atomic E-state index is 12.3. The number of carbonyl (C=O) groups excluding carboxylic acids is 1. The van der Waals surface area contributed by atoms with Gasteiger partial charge < -0.3 is 15.1 Å². The number of nitrogens with zero attached hydrogens (tertiary/aromatic N) is 1. The highest BCUT2D eigenvalue weighted by atomic mass is 16.4. The zero-order valence-electron chi connectivity index (χ0n) is 11.9. The fourth-order valence-electron chi connectivity index (χ4n) is 2.43. The molecule has 0 unspecified atom stereocenters. The molecule has 0 radical (unpaired) electrons. The minimum atomic E-state index is -0.872. The van der Waals surface area contributed by atoms with Crippen molar-refractivity contribution in [2.75, 3.05) is 13.2 Å². The lowest BCUT2D eigenvalue weighted by molar-refractivity contribution is -0.142. The number of amides is 1. The van der Waals surface area contributed by atoms with E-state index in [1.165, 1.54) is 0 Å². The highest BCUT2D eigenvalue weighted by Gasteiger charge is 2.32. The Bertz CT molecular complexity index is 323. The molecule has 0 atom stereocenters. The van der Waals surface area contributed by atoms with E-state index < -0.39 is 11.4 Å². The van der Waals surface area contributed by atoms with Gasteiger partial charge in [0.15, 0.2) is 0 Å². The number of aliphatic hydroxyl groups excluding tert-OH is 1. The summed E-state index contributed by atoms with van der Waals surface area (Å²) in [6, 6.07) is 0.291. The molecule has 2 N–H and O–H groups in total. The largest absolute Gasteiger partial charge is 0.481 e. The van der Waals surface area contributed by atoms with E-state index in [2.05, 4.69) is 0 Å². The van der Waals surface area contributed by atoms with Gasteiger partial charge in [-0.2, -0.15) is 0 Å². The van der Waals surface area contributed by atoms with Gasteiger partial charge in [-0.15, -0.1) is 0 Å². The van der Waals surface area contributed by atoms with Crippen molar-refractivity contribution in [3.05, 3.63) is 0 Å². The van der Waals surface area contributed by atoms with Crippen molar-refractivity contribution in [1.82, 2.24) is 4.90 Å². The molecule has 0 spiro atoms. The third-order valence-electron chi connectivity index (χ3n) is 3.65. The van der Waals surface area contributed by atoms with Crippen LogP contribution < -0.4 is 0 Å². The number of carboxylic acid groups (broad SMARTS) is 1. The van der Waals surface area contributed by atoms with Crippen molar-refractivity contribution >= 4 is 11.9 Å². The lowest BCUT2D eigenvalue weighted by Crippen LogP contribution is -2.46. The first kappa shape index (κ1) is 16.0. The molecular weight excluding hydrogens is 246 g/mol. The van der Waals surface area contributed by atoms with Crippen molar-refractivity contribution in [3.8, 4) is 0 Å². The van der Waals surface area contributed by atoms with E-state index in [4.69, 9.17) is 10.2 Å². The average Bonchev–Trinajstić information content (AvgIpc) is 2.18. The number of rotatable bonds is 8. The van der Waals surface area contributed by atoms with Crippen LogP contribution in [0.2, 0.25) is 0 Å². The Morgan fingerprint density at radius 2 is 1.89 bits per heavy atom. The zero-order valence-corrected chi connectivity index (χ0v) is 11.9. The van der Waals surface area contributed by atoms with E-state index in [9.17, 15) is 9.59 Å². The molecule has 0 heterocycles. The highest BCUT2D eigenvalue weighted by molar-refractivity contribution is 5.78. The standard InChI is InChI=1S/C14H25NO4/c1-14(2,10-13(18)19)9-12(17)15(7-4-8-16)11-5-3-6-11/h11,16H,3-10H2,1-2H3,(H,18,19). The minimum Gasteiger partial charge on any atom is -0.481 e. The van der Waals surface area contributed by atoms with Gasteiger partial charge in [-0.1, -0.05) is 13.8 Å². The molecule has 5 heteroatoms. The molecule has 0 aromatic rings. The van der Waals surface area contributed by atoms with Crippen LogP contribution in [0.4, 0.5) is 0 Å². The second kappa shape index (κ2) is 6.89. The fourth-order valence-corrected chi connectivity index (χ4v) is 2.43. The van der Waals surface area contributed by atoms with Gasteiger partial charge in [0.05, 0.1) is 6.42 Å². The quantitative estimate of drug-likeness (QED) is 0.703. The number of hydrogen-bond donors (Lipinski definition) is 2. The number of aliphatic carboxylic acids is 1. The van der Waals surface area contributed by atoms with Gasteiger partial charge in [-0.25, -0.2) is 0 Å². The molecule has 1 fully saturated rings. The van der Waals surface area contributed by atoms with Crippen LogP contribution in [0.25, 0.3) is 0 Å². The van der Waals surface area contributed by atoms with Gasteiger partial charge in [0.1, 0.15) is 0 Å². The van der Waals surface area contributed by atoms with E-state index >= 15 is 0 Å². The molecule has 0 saturated heterocycles. The number of aliphatic hydroxyl groups is 1. The monoisotopic (exact) mass is 271 g/mol. The first-order valence-corrected chi connectivity index (χ1v) is 6.98. The molecule has 0 aromatic carbocycles. The second-order valence-corrected chi connectivity index (χ2v) is 6.16. The third kappa shape index (κ3) is 5.19.